The molecular weight excluding hydrogens is 371 g/mol. The highest BCUT2D eigenvalue weighted by atomic mass is 32.2. The molecule has 1 aromatic heterocycles. The molecule has 0 aliphatic heterocycles. The average Bonchev–Trinajstić information content (AvgIpc) is 2.62. The van der Waals surface area contributed by atoms with Crippen molar-refractivity contribution < 1.29 is 14.1 Å². The van der Waals surface area contributed by atoms with Crippen LogP contribution in [0.3, 0.4) is 0 Å². The summed E-state index contributed by atoms with van der Waals surface area (Å²) in [4.78, 5) is 31.2. The van der Waals surface area contributed by atoms with Crippen LogP contribution >= 0.6 is 11.8 Å². The number of carbonyl (C=O) groups is 1. The predicted octanol–water partition coefficient (Wildman–Crippen LogP) is 4.10. The SMILES string of the molecule is Cc1nc(S[C@@H](C)C(=O)Nc2ccc(F)c([N+](=O)[O-])c2)c2ccccc2n1. The van der Waals surface area contributed by atoms with Gasteiger partial charge in [-0.2, -0.15) is 4.39 Å². The van der Waals surface area contributed by atoms with Crippen LogP contribution in [0.4, 0.5) is 15.8 Å². The zero-order valence-electron chi connectivity index (χ0n) is 14.5. The van der Waals surface area contributed by atoms with Crippen molar-refractivity contribution in [2.24, 2.45) is 0 Å². The minimum absolute atomic E-state index is 0.157. The molecule has 0 fully saturated rings. The second-order valence-corrected chi connectivity index (χ2v) is 7.10. The van der Waals surface area contributed by atoms with Crippen LogP contribution in [0.25, 0.3) is 10.9 Å². The summed E-state index contributed by atoms with van der Waals surface area (Å²) in [5.41, 5.74) is 0.254. The smallest absolute Gasteiger partial charge is 0.306 e. The van der Waals surface area contributed by atoms with Crippen molar-refractivity contribution in [1.82, 2.24) is 9.97 Å². The van der Waals surface area contributed by atoms with Gasteiger partial charge >= 0.3 is 5.69 Å². The highest BCUT2D eigenvalue weighted by Gasteiger charge is 2.20. The Morgan fingerprint density at radius 2 is 2.00 bits per heavy atom. The Kier molecular flexibility index (Phi) is 5.31. The molecule has 0 bridgehead atoms. The number of anilines is 1. The lowest BCUT2D eigenvalue weighted by atomic mass is 10.2. The largest absolute Gasteiger partial charge is 0.325 e. The molecule has 3 rings (SSSR count). The predicted molar refractivity (Wildman–Crippen MR) is 101 cm³/mol. The second kappa shape index (κ2) is 7.67. The van der Waals surface area contributed by atoms with E-state index < -0.39 is 21.7 Å². The van der Waals surface area contributed by atoms with Gasteiger partial charge in [-0.3, -0.25) is 14.9 Å². The van der Waals surface area contributed by atoms with Crippen LogP contribution in [0.5, 0.6) is 0 Å². The molecule has 7 nitrogen and oxygen atoms in total. The quantitative estimate of drug-likeness (QED) is 0.307. The van der Waals surface area contributed by atoms with Crippen molar-refractivity contribution in [2.75, 3.05) is 5.32 Å². The number of thioether (sulfide) groups is 1. The van der Waals surface area contributed by atoms with Gasteiger partial charge in [0.25, 0.3) is 0 Å². The number of nitro benzene ring substituents is 1. The number of nitrogens with zero attached hydrogens (tertiary/aromatic N) is 3. The fraction of sp³-hybridized carbons (Fsp3) is 0.167. The zero-order valence-corrected chi connectivity index (χ0v) is 15.3. The number of rotatable bonds is 5. The van der Waals surface area contributed by atoms with Gasteiger partial charge in [0.15, 0.2) is 0 Å². The lowest BCUT2D eigenvalue weighted by Gasteiger charge is -2.13. The standard InChI is InChI=1S/C18H15FN4O3S/c1-10(17(24)22-12-7-8-14(19)16(9-12)23(25)26)27-18-13-5-3-4-6-15(13)20-11(2)21-18/h3-10H,1-2H3,(H,22,24)/t10-/m0/s1. The third-order valence-corrected chi connectivity index (χ3v) is 4.85. The highest BCUT2D eigenvalue weighted by molar-refractivity contribution is 8.00. The molecule has 1 amide bonds. The van der Waals surface area contributed by atoms with Crippen molar-refractivity contribution >= 4 is 39.9 Å². The van der Waals surface area contributed by atoms with Crippen LogP contribution in [-0.4, -0.2) is 26.0 Å². The number of para-hydroxylation sites is 1. The van der Waals surface area contributed by atoms with E-state index in [4.69, 9.17) is 0 Å². The van der Waals surface area contributed by atoms with Gasteiger partial charge in [0.1, 0.15) is 10.9 Å². The minimum Gasteiger partial charge on any atom is -0.325 e. The third-order valence-electron chi connectivity index (χ3n) is 3.75. The molecule has 0 radical (unpaired) electrons. The molecule has 3 aromatic rings. The molecule has 9 heteroatoms. The van der Waals surface area contributed by atoms with E-state index >= 15 is 0 Å². The summed E-state index contributed by atoms with van der Waals surface area (Å²) < 4.78 is 13.4. The first-order chi connectivity index (χ1) is 12.8. The zero-order chi connectivity index (χ0) is 19.6. The van der Waals surface area contributed by atoms with Crippen molar-refractivity contribution in [3.63, 3.8) is 0 Å². The van der Waals surface area contributed by atoms with E-state index in [0.717, 1.165) is 23.0 Å². The number of nitrogens with one attached hydrogen (secondary N) is 1. The topological polar surface area (TPSA) is 98.0 Å². The van der Waals surface area contributed by atoms with Crippen LogP contribution in [0, 0.1) is 22.9 Å². The van der Waals surface area contributed by atoms with E-state index in [9.17, 15) is 19.3 Å². The Morgan fingerprint density at radius 3 is 2.74 bits per heavy atom. The van der Waals surface area contributed by atoms with Gasteiger partial charge in [0, 0.05) is 17.1 Å². The average molecular weight is 386 g/mol. The highest BCUT2D eigenvalue weighted by Crippen LogP contribution is 2.29. The summed E-state index contributed by atoms with van der Waals surface area (Å²) >= 11 is 1.26. The number of halogens is 1. The number of aromatic nitrogens is 2. The lowest BCUT2D eigenvalue weighted by molar-refractivity contribution is -0.387. The summed E-state index contributed by atoms with van der Waals surface area (Å²) in [6, 6.07) is 10.7. The third kappa shape index (κ3) is 4.20. The van der Waals surface area contributed by atoms with Gasteiger partial charge in [-0.1, -0.05) is 30.0 Å². The maximum Gasteiger partial charge on any atom is 0.306 e. The van der Waals surface area contributed by atoms with E-state index in [1.165, 1.54) is 17.8 Å². The van der Waals surface area contributed by atoms with Crippen molar-refractivity contribution in [1.29, 1.82) is 0 Å². The Morgan fingerprint density at radius 1 is 1.26 bits per heavy atom. The molecule has 0 saturated heterocycles. The van der Waals surface area contributed by atoms with Gasteiger partial charge in [-0.25, -0.2) is 9.97 Å². The summed E-state index contributed by atoms with van der Waals surface area (Å²) in [7, 11) is 0. The Labute approximate surface area is 158 Å². The normalized spacial score (nSPS) is 12.0. The Hall–Kier alpha value is -3.07. The summed E-state index contributed by atoms with van der Waals surface area (Å²) in [6.07, 6.45) is 0. The first-order valence-corrected chi connectivity index (χ1v) is 8.88. The molecule has 0 aliphatic rings. The van der Waals surface area contributed by atoms with Crippen molar-refractivity contribution in [2.45, 2.75) is 24.1 Å². The summed E-state index contributed by atoms with van der Waals surface area (Å²) in [5, 5.41) is 14.4. The summed E-state index contributed by atoms with van der Waals surface area (Å²) in [5.74, 6) is -0.734. The fourth-order valence-electron chi connectivity index (χ4n) is 2.44. The number of aryl methyl sites for hydroxylation is 1. The molecule has 138 valence electrons. The second-order valence-electron chi connectivity index (χ2n) is 5.77. The van der Waals surface area contributed by atoms with E-state index in [2.05, 4.69) is 15.3 Å². The number of nitro groups is 1. The van der Waals surface area contributed by atoms with Crippen LogP contribution < -0.4 is 5.32 Å². The van der Waals surface area contributed by atoms with Crippen molar-refractivity contribution in [3.8, 4) is 0 Å². The summed E-state index contributed by atoms with van der Waals surface area (Å²) in [6.45, 7) is 3.48. The molecule has 1 N–H and O–H groups in total. The van der Waals surface area contributed by atoms with Gasteiger partial charge < -0.3 is 5.32 Å². The minimum atomic E-state index is -0.955. The van der Waals surface area contributed by atoms with Gasteiger partial charge in [0.2, 0.25) is 11.7 Å². The van der Waals surface area contributed by atoms with Crippen LogP contribution in [0.15, 0.2) is 47.5 Å². The van der Waals surface area contributed by atoms with Gasteiger partial charge in [-0.15, -0.1) is 0 Å². The molecule has 0 saturated carbocycles. The number of amides is 1. The first kappa shape index (κ1) is 18.7. The molecule has 2 aromatic carbocycles. The van der Waals surface area contributed by atoms with E-state index in [1.54, 1.807) is 13.8 Å². The van der Waals surface area contributed by atoms with Crippen LogP contribution in [0.1, 0.15) is 12.7 Å². The lowest BCUT2D eigenvalue weighted by Crippen LogP contribution is -2.22. The van der Waals surface area contributed by atoms with Crippen LogP contribution in [0.2, 0.25) is 0 Å². The maximum absolute atomic E-state index is 13.4. The number of fused-ring (bicyclic) bond motifs is 1. The molecule has 1 atom stereocenters. The Bertz CT molecular complexity index is 1040. The maximum atomic E-state index is 13.4. The molecule has 0 unspecified atom stereocenters. The molecule has 27 heavy (non-hydrogen) atoms. The van der Waals surface area contributed by atoms with Gasteiger partial charge in [0.05, 0.1) is 15.7 Å². The Balaban J connectivity index is 1.79. The number of carbonyl (C=O) groups excluding carboxylic acids is 1. The van der Waals surface area contributed by atoms with Gasteiger partial charge in [-0.05, 0) is 32.0 Å². The molecule has 0 spiro atoms. The molecule has 0 aliphatic carbocycles. The van der Waals surface area contributed by atoms with E-state index in [-0.39, 0.29) is 11.6 Å². The fourth-order valence-corrected chi connectivity index (χ4v) is 3.43. The number of hydrogen-bond donors (Lipinski definition) is 1. The molecular formula is C18H15FN4O3S. The number of benzene rings is 2. The van der Waals surface area contributed by atoms with E-state index in [1.807, 2.05) is 24.3 Å². The van der Waals surface area contributed by atoms with Crippen LogP contribution in [-0.2, 0) is 4.79 Å². The first-order valence-electron chi connectivity index (χ1n) is 8.00. The van der Waals surface area contributed by atoms with E-state index in [0.29, 0.717) is 10.9 Å². The monoisotopic (exact) mass is 386 g/mol. The molecule has 1 heterocycles. The number of hydrogen-bond acceptors (Lipinski definition) is 6. The van der Waals surface area contributed by atoms with Crippen molar-refractivity contribution in [3.05, 3.63) is 64.2 Å².